The molecule has 4 rings (SSSR count). The summed E-state index contributed by atoms with van der Waals surface area (Å²) in [5, 5.41) is 2.81. The van der Waals surface area contributed by atoms with E-state index in [1.165, 1.54) is 17.5 Å². The number of aromatic amines is 1. The minimum atomic E-state index is -0.142. The first-order valence-corrected chi connectivity index (χ1v) is 7.02. The molecule has 0 saturated carbocycles. The van der Waals surface area contributed by atoms with Crippen molar-refractivity contribution in [3.63, 3.8) is 0 Å². The quantitative estimate of drug-likeness (QED) is 0.757. The van der Waals surface area contributed by atoms with E-state index >= 15 is 0 Å². The van der Waals surface area contributed by atoms with Crippen molar-refractivity contribution in [2.24, 2.45) is 0 Å². The first-order chi connectivity index (χ1) is 10.3. The van der Waals surface area contributed by atoms with Gasteiger partial charge in [-0.15, -0.1) is 0 Å². The van der Waals surface area contributed by atoms with Crippen molar-refractivity contribution in [1.29, 1.82) is 0 Å². The Morgan fingerprint density at radius 3 is 3.00 bits per heavy atom. The van der Waals surface area contributed by atoms with Crippen LogP contribution >= 0.6 is 0 Å². The van der Waals surface area contributed by atoms with E-state index in [4.69, 9.17) is 0 Å². The third-order valence-electron chi connectivity index (χ3n) is 3.88. The number of imidazole rings is 1. The van der Waals surface area contributed by atoms with E-state index in [0.717, 1.165) is 23.9 Å². The van der Waals surface area contributed by atoms with Crippen LogP contribution in [0.15, 0.2) is 36.7 Å². The zero-order valence-corrected chi connectivity index (χ0v) is 11.4. The predicted molar refractivity (Wildman–Crippen MR) is 80.3 cm³/mol. The third kappa shape index (κ3) is 2.16. The topological polar surface area (TPSA) is 70.7 Å². The monoisotopic (exact) mass is 278 g/mol. The lowest BCUT2D eigenvalue weighted by molar-refractivity contribution is 0.102. The number of aromatic nitrogens is 3. The molecule has 1 aromatic carbocycles. The molecule has 1 aliphatic carbocycles. The van der Waals surface area contributed by atoms with Crippen LogP contribution in [-0.4, -0.2) is 20.9 Å². The summed E-state index contributed by atoms with van der Waals surface area (Å²) in [4.78, 5) is 23.7. The van der Waals surface area contributed by atoms with Gasteiger partial charge < -0.3 is 4.98 Å². The first-order valence-electron chi connectivity index (χ1n) is 7.02. The third-order valence-corrected chi connectivity index (χ3v) is 3.88. The maximum absolute atomic E-state index is 12.3. The van der Waals surface area contributed by atoms with Crippen molar-refractivity contribution in [3.8, 4) is 0 Å². The number of hydrogen-bond acceptors (Lipinski definition) is 3. The molecule has 0 saturated heterocycles. The minimum Gasteiger partial charge on any atom is -0.323 e. The number of nitrogens with one attached hydrogen (secondary N) is 2. The number of carbonyl (C=O) groups excluding carboxylic acids is 1. The second-order valence-electron chi connectivity index (χ2n) is 5.27. The van der Waals surface area contributed by atoms with Crippen LogP contribution in [0.25, 0.3) is 11.0 Å². The average Bonchev–Trinajstić information content (AvgIpc) is 3.11. The number of nitrogens with zero attached hydrogens (tertiary/aromatic N) is 2. The normalized spacial score (nSPS) is 13.3. The van der Waals surface area contributed by atoms with Gasteiger partial charge in [0.05, 0.1) is 17.2 Å². The van der Waals surface area contributed by atoms with Gasteiger partial charge in [0.25, 0.3) is 5.91 Å². The van der Waals surface area contributed by atoms with Crippen LogP contribution in [0, 0.1) is 0 Å². The van der Waals surface area contributed by atoms with Crippen LogP contribution in [0.1, 0.15) is 27.9 Å². The van der Waals surface area contributed by atoms with Gasteiger partial charge in [-0.1, -0.05) is 6.07 Å². The maximum Gasteiger partial charge on any atom is 0.257 e. The summed E-state index contributed by atoms with van der Waals surface area (Å²) < 4.78 is 0. The maximum atomic E-state index is 12.3. The second kappa shape index (κ2) is 4.70. The van der Waals surface area contributed by atoms with Crippen LogP contribution in [0.3, 0.4) is 0 Å². The van der Waals surface area contributed by atoms with E-state index in [0.29, 0.717) is 11.5 Å². The van der Waals surface area contributed by atoms with Crippen molar-refractivity contribution in [1.82, 2.24) is 15.0 Å². The second-order valence-corrected chi connectivity index (χ2v) is 5.27. The summed E-state index contributed by atoms with van der Waals surface area (Å²) in [5.41, 5.74) is 4.92. The number of anilines is 1. The standard InChI is InChI=1S/C16H14N4O/c21-15(12-5-4-10-2-1-3-11(10)8-12)20-16-18-13-6-7-17-9-14(13)19-16/h4-9H,1-3H2,(H2,18,19,20,21). The molecule has 0 radical (unpaired) electrons. The van der Waals surface area contributed by atoms with E-state index in [9.17, 15) is 4.79 Å². The molecular weight excluding hydrogens is 264 g/mol. The number of amides is 1. The molecule has 1 aliphatic rings. The molecule has 0 atom stereocenters. The van der Waals surface area contributed by atoms with E-state index in [2.05, 4.69) is 26.3 Å². The van der Waals surface area contributed by atoms with Gasteiger partial charge in [-0.05, 0) is 48.6 Å². The highest BCUT2D eigenvalue weighted by Crippen LogP contribution is 2.23. The van der Waals surface area contributed by atoms with Crippen molar-refractivity contribution in [2.45, 2.75) is 19.3 Å². The summed E-state index contributed by atoms with van der Waals surface area (Å²) >= 11 is 0. The Hall–Kier alpha value is -2.69. The summed E-state index contributed by atoms with van der Waals surface area (Å²) in [6.07, 6.45) is 6.72. The number of H-pyrrole nitrogens is 1. The lowest BCUT2D eigenvalue weighted by Crippen LogP contribution is -2.13. The van der Waals surface area contributed by atoms with Gasteiger partial charge in [0, 0.05) is 11.8 Å². The van der Waals surface area contributed by atoms with Gasteiger partial charge in [0.15, 0.2) is 0 Å². The lowest BCUT2D eigenvalue weighted by Gasteiger charge is -2.04. The number of pyridine rings is 1. The van der Waals surface area contributed by atoms with Crippen LogP contribution < -0.4 is 5.32 Å². The zero-order chi connectivity index (χ0) is 14.2. The number of rotatable bonds is 2. The molecule has 21 heavy (non-hydrogen) atoms. The van der Waals surface area contributed by atoms with Gasteiger partial charge in [0.2, 0.25) is 5.95 Å². The molecular formula is C16H14N4O. The summed E-state index contributed by atoms with van der Waals surface area (Å²) in [5.74, 6) is 0.306. The molecule has 5 heteroatoms. The predicted octanol–water partition coefficient (Wildman–Crippen LogP) is 2.70. The molecule has 0 unspecified atom stereocenters. The number of hydrogen-bond donors (Lipinski definition) is 2. The van der Waals surface area contributed by atoms with E-state index < -0.39 is 0 Å². The SMILES string of the molecule is O=C(Nc1nc2ccncc2[nH]1)c1ccc2c(c1)CCC2. The molecule has 2 heterocycles. The smallest absolute Gasteiger partial charge is 0.257 e. The van der Waals surface area contributed by atoms with Crippen LogP contribution in [-0.2, 0) is 12.8 Å². The Balaban J connectivity index is 1.60. The van der Waals surface area contributed by atoms with Crippen molar-refractivity contribution in [2.75, 3.05) is 5.32 Å². The van der Waals surface area contributed by atoms with Crippen molar-refractivity contribution >= 4 is 22.9 Å². The van der Waals surface area contributed by atoms with Crippen LogP contribution in [0.4, 0.5) is 5.95 Å². The van der Waals surface area contributed by atoms with E-state index in [-0.39, 0.29) is 5.91 Å². The fourth-order valence-corrected chi connectivity index (χ4v) is 2.81. The molecule has 2 aromatic heterocycles. The molecule has 0 spiro atoms. The minimum absolute atomic E-state index is 0.142. The molecule has 104 valence electrons. The zero-order valence-electron chi connectivity index (χ0n) is 11.4. The number of fused-ring (bicyclic) bond motifs is 2. The van der Waals surface area contributed by atoms with Gasteiger partial charge in [-0.2, -0.15) is 0 Å². The Bertz CT molecular complexity index is 804. The molecule has 3 aromatic rings. The van der Waals surface area contributed by atoms with Crippen molar-refractivity contribution < 1.29 is 4.79 Å². The molecule has 0 bridgehead atoms. The Morgan fingerprint density at radius 1 is 1.19 bits per heavy atom. The van der Waals surface area contributed by atoms with Gasteiger partial charge >= 0.3 is 0 Å². The number of aryl methyl sites for hydroxylation is 2. The Kier molecular flexibility index (Phi) is 2.70. The summed E-state index contributed by atoms with van der Waals surface area (Å²) in [6, 6.07) is 7.72. The molecule has 1 amide bonds. The van der Waals surface area contributed by atoms with E-state index in [1.807, 2.05) is 12.1 Å². The van der Waals surface area contributed by atoms with Crippen molar-refractivity contribution in [3.05, 3.63) is 53.3 Å². The molecule has 5 nitrogen and oxygen atoms in total. The fourth-order valence-electron chi connectivity index (χ4n) is 2.81. The lowest BCUT2D eigenvalue weighted by atomic mass is 10.1. The molecule has 2 N–H and O–H groups in total. The highest BCUT2D eigenvalue weighted by atomic mass is 16.1. The van der Waals surface area contributed by atoms with Crippen LogP contribution in [0.2, 0.25) is 0 Å². The number of carbonyl (C=O) groups is 1. The van der Waals surface area contributed by atoms with Gasteiger partial charge in [0.1, 0.15) is 0 Å². The molecule has 0 fully saturated rings. The largest absolute Gasteiger partial charge is 0.323 e. The summed E-state index contributed by atoms with van der Waals surface area (Å²) in [6.45, 7) is 0. The van der Waals surface area contributed by atoms with E-state index in [1.54, 1.807) is 18.5 Å². The first kappa shape index (κ1) is 12.1. The fraction of sp³-hybridized carbons (Fsp3) is 0.188. The number of benzene rings is 1. The van der Waals surface area contributed by atoms with Gasteiger partial charge in [-0.25, -0.2) is 4.98 Å². The Morgan fingerprint density at radius 2 is 2.10 bits per heavy atom. The molecule has 0 aliphatic heterocycles. The van der Waals surface area contributed by atoms with Gasteiger partial charge in [-0.3, -0.25) is 15.1 Å². The summed E-state index contributed by atoms with van der Waals surface area (Å²) in [7, 11) is 0. The highest BCUT2D eigenvalue weighted by Gasteiger charge is 2.15. The Labute approximate surface area is 121 Å². The highest BCUT2D eigenvalue weighted by molar-refractivity contribution is 6.04. The van der Waals surface area contributed by atoms with Crippen LogP contribution in [0.5, 0.6) is 0 Å². The average molecular weight is 278 g/mol.